The first-order valence-corrected chi connectivity index (χ1v) is 10.6. The number of likely N-dealkylation sites (tertiary alicyclic amines) is 1. The van der Waals surface area contributed by atoms with Crippen molar-refractivity contribution in [3.05, 3.63) is 51.1 Å². The Morgan fingerprint density at radius 1 is 1.23 bits per heavy atom. The Bertz CT molecular complexity index is 1080. The van der Waals surface area contributed by atoms with Crippen LogP contribution in [0.1, 0.15) is 48.3 Å². The first-order chi connectivity index (χ1) is 14.5. The van der Waals surface area contributed by atoms with Crippen molar-refractivity contribution in [3.63, 3.8) is 0 Å². The van der Waals surface area contributed by atoms with Gasteiger partial charge in [0, 0.05) is 18.1 Å². The number of nitrogens with zero attached hydrogens (tertiary/aromatic N) is 5. The summed E-state index contributed by atoms with van der Waals surface area (Å²) in [5.74, 6) is 1.38. The molecule has 3 heterocycles. The van der Waals surface area contributed by atoms with Crippen LogP contribution in [0.15, 0.2) is 23.0 Å². The van der Waals surface area contributed by atoms with Crippen LogP contribution in [-0.4, -0.2) is 56.9 Å². The summed E-state index contributed by atoms with van der Waals surface area (Å²) in [5.41, 5.74) is 3.71. The SMILES string of the molecule is COCCn1nnnc1[C@H](c1cc2c(C)ccc(C)c2[nH]c1=O)N1CCC(C)CC1. The van der Waals surface area contributed by atoms with E-state index in [9.17, 15) is 4.79 Å². The second-order valence-corrected chi connectivity index (χ2v) is 8.42. The van der Waals surface area contributed by atoms with Gasteiger partial charge in [0.1, 0.15) is 6.04 Å². The third kappa shape index (κ3) is 3.89. The van der Waals surface area contributed by atoms with Crippen molar-refractivity contribution in [2.24, 2.45) is 5.92 Å². The van der Waals surface area contributed by atoms with Crippen molar-refractivity contribution < 1.29 is 4.74 Å². The van der Waals surface area contributed by atoms with E-state index in [2.05, 4.69) is 45.3 Å². The molecule has 1 fully saturated rings. The van der Waals surface area contributed by atoms with Crippen LogP contribution in [0.4, 0.5) is 0 Å². The van der Waals surface area contributed by atoms with Crippen molar-refractivity contribution >= 4 is 10.9 Å². The Hall–Kier alpha value is -2.58. The minimum Gasteiger partial charge on any atom is -0.383 e. The molecule has 8 heteroatoms. The second kappa shape index (κ2) is 8.65. The van der Waals surface area contributed by atoms with Gasteiger partial charge in [0.05, 0.1) is 18.7 Å². The van der Waals surface area contributed by atoms with Gasteiger partial charge in [-0.3, -0.25) is 9.69 Å². The Morgan fingerprint density at radius 2 is 1.97 bits per heavy atom. The number of benzene rings is 1. The van der Waals surface area contributed by atoms with Gasteiger partial charge in [-0.15, -0.1) is 5.10 Å². The quantitative estimate of drug-likeness (QED) is 0.672. The summed E-state index contributed by atoms with van der Waals surface area (Å²) in [5, 5.41) is 13.5. The zero-order chi connectivity index (χ0) is 21.3. The number of aromatic amines is 1. The molecule has 2 aromatic heterocycles. The van der Waals surface area contributed by atoms with Crippen molar-refractivity contribution in [2.75, 3.05) is 26.8 Å². The highest BCUT2D eigenvalue weighted by molar-refractivity contribution is 5.85. The zero-order valence-electron chi connectivity index (χ0n) is 18.2. The van der Waals surface area contributed by atoms with Gasteiger partial charge in [0.2, 0.25) is 0 Å². The predicted octanol–water partition coefficient (Wildman–Crippen LogP) is 2.60. The average Bonchev–Trinajstić information content (AvgIpc) is 3.19. The maximum atomic E-state index is 13.3. The molecule has 0 spiro atoms. The number of piperidine rings is 1. The van der Waals surface area contributed by atoms with Crippen LogP contribution in [0.25, 0.3) is 10.9 Å². The summed E-state index contributed by atoms with van der Waals surface area (Å²) in [7, 11) is 1.66. The molecule has 1 N–H and O–H groups in total. The first-order valence-electron chi connectivity index (χ1n) is 10.6. The van der Waals surface area contributed by atoms with Crippen LogP contribution < -0.4 is 5.56 Å². The summed E-state index contributed by atoms with van der Waals surface area (Å²) < 4.78 is 6.99. The fourth-order valence-electron chi connectivity index (χ4n) is 4.32. The van der Waals surface area contributed by atoms with Crippen LogP contribution in [0.5, 0.6) is 0 Å². The molecular weight excluding hydrogens is 380 g/mol. The Labute approximate surface area is 176 Å². The number of pyridine rings is 1. The number of aryl methyl sites for hydroxylation is 2. The average molecular weight is 411 g/mol. The third-order valence-electron chi connectivity index (χ3n) is 6.26. The molecule has 1 aliphatic heterocycles. The van der Waals surface area contributed by atoms with Gasteiger partial charge in [-0.1, -0.05) is 19.1 Å². The number of tetrazole rings is 1. The lowest BCUT2D eigenvalue weighted by Crippen LogP contribution is -2.40. The van der Waals surface area contributed by atoms with E-state index >= 15 is 0 Å². The van der Waals surface area contributed by atoms with E-state index in [1.165, 1.54) is 0 Å². The van der Waals surface area contributed by atoms with Crippen LogP contribution in [0.2, 0.25) is 0 Å². The number of hydrogen-bond acceptors (Lipinski definition) is 6. The standard InChI is InChI=1S/C22H30N6O2/c1-14-7-9-27(10-8-14)20(21-24-25-26-28(21)11-12-30-4)18-13-17-15(2)5-6-16(3)19(17)23-22(18)29/h5-6,13-14,20H,7-12H2,1-4H3,(H,23,29)/t20-/m0/s1. The first kappa shape index (κ1) is 20.7. The molecule has 160 valence electrons. The highest BCUT2D eigenvalue weighted by Crippen LogP contribution is 2.31. The number of fused-ring (bicyclic) bond motifs is 1. The van der Waals surface area contributed by atoms with Crippen LogP contribution >= 0.6 is 0 Å². The zero-order valence-corrected chi connectivity index (χ0v) is 18.2. The molecule has 0 amide bonds. The Balaban J connectivity index is 1.86. The molecule has 0 bridgehead atoms. The van der Waals surface area contributed by atoms with E-state index in [1.54, 1.807) is 11.8 Å². The van der Waals surface area contributed by atoms with Gasteiger partial charge in [-0.2, -0.15) is 0 Å². The molecule has 3 aromatic rings. The fraction of sp³-hybridized carbons (Fsp3) is 0.545. The van der Waals surface area contributed by atoms with Gasteiger partial charge < -0.3 is 9.72 Å². The van der Waals surface area contributed by atoms with E-state index < -0.39 is 0 Å². The minimum absolute atomic E-state index is 0.0823. The molecule has 0 saturated carbocycles. The van der Waals surface area contributed by atoms with Crippen LogP contribution in [-0.2, 0) is 11.3 Å². The van der Waals surface area contributed by atoms with Crippen molar-refractivity contribution in [2.45, 2.75) is 46.2 Å². The molecule has 8 nitrogen and oxygen atoms in total. The van der Waals surface area contributed by atoms with Crippen molar-refractivity contribution in [1.29, 1.82) is 0 Å². The summed E-state index contributed by atoms with van der Waals surface area (Å²) in [6.45, 7) is 9.25. The molecule has 1 aromatic carbocycles. The van der Waals surface area contributed by atoms with Gasteiger partial charge in [-0.05, 0) is 73.3 Å². The normalized spacial score (nSPS) is 16.9. The summed E-state index contributed by atoms with van der Waals surface area (Å²) in [4.78, 5) is 18.8. The van der Waals surface area contributed by atoms with Gasteiger partial charge in [0.25, 0.3) is 5.56 Å². The number of hydrogen-bond donors (Lipinski definition) is 1. The lowest BCUT2D eigenvalue weighted by Gasteiger charge is -2.36. The molecule has 30 heavy (non-hydrogen) atoms. The molecule has 4 rings (SSSR count). The lowest BCUT2D eigenvalue weighted by atomic mass is 9.94. The number of ether oxygens (including phenoxy) is 1. The minimum atomic E-state index is -0.294. The highest BCUT2D eigenvalue weighted by atomic mass is 16.5. The summed E-state index contributed by atoms with van der Waals surface area (Å²) >= 11 is 0. The van der Waals surface area contributed by atoms with E-state index in [0.717, 1.165) is 48.0 Å². The van der Waals surface area contributed by atoms with Crippen LogP contribution in [0.3, 0.4) is 0 Å². The number of nitrogens with one attached hydrogen (secondary N) is 1. The topological polar surface area (TPSA) is 88.9 Å². The molecule has 1 saturated heterocycles. The number of aromatic nitrogens is 5. The van der Waals surface area contributed by atoms with Gasteiger partial charge in [0.15, 0.2) is 5.82 Å². The molecule has 0 aliphatic carbocycles. The highest BCUT2D eigenvalue weighted by Gasteiger charge is 2.32. The maximum absolute atomic E-state index is 13.3. The van der Waals surface area contributed by atoms with Gasteiger partial charge >= 0.3 is 0 Å². The van der Waals surface area contributed by atoms with Crippen molar-refractivity contribution in [3.8, 4) is 0 Å². The van der Waals surface area contributed by atoms with E-state index in [-0.39, 0.29) is 11.6 Å². The summed E-state index contributed by atoms with van der Waals surface area (Å²) in [6.07, 6.45) is 2.19. The molecule has 0 unspecified atom stereocenters. The largest absolute Gasteiger partial charge is 0.383 e. The second-order valence-electron chi connectivity index (χ2n) is 8.42. The molecule has 1 atom stereocenters. The van der Waals surface area contributed by atoms with Crippen molar-refractivity contribution in [1.82, 2.24) is 30.1 Å². The molecule has 1 aliphatic rings. The molecule has 0 radical (unpaired) electrons. The number of H-pyrrole nitrogens is 1. The number of rotatable bonds is 6. The maximum Gasteiger partial charge on any atom is 0.253 e. The van der Waals surface area contributed by atoms with E-state index in [0.29, 0.717) is 30.5 Å². The van der Waals surface area contributed by atoms with E-state index in [4.69, 9.17) is 4.74 Å². The third-order valence-corrected chi connectivity index (χ3v) is 6.26. The monoisotopic (exact) mass is 410 g/mol. The fourth-order valence-corrected chi connectivity index (χ4v) is 4.32. The van der Waals surface area contributed by atoms with Crippen LogP contribution in [0, 0.1) is 19.8 Å². The predicted molar refractivity (Wildman–Crippen MR) is 116 cm³/mol. The Kier molecular flexibility index (Phi) is 5.97. The van der Waals surface area contributed by atoms with E-state index in [1.807, 2.05) is 19.1 Å². The number of methoxy groups -OCH3 is 1. The smallest absolute Gasteiger partial charge is 0.253 e. The Morgan fingerprint density at radius 3 is 2.70 bits per heavy atom. The lowest BCUT2D eigenvalue weighted by molar-refractivity contribution is 0.144. The van der Waals surface area contributed by atoms with Gasteiger partial charge in [-0.25, -0.2) is 4.68 Å². The molecular formula is C22H30N6O2. The summed E-state index contributed by atoms with van der Waals surface area (Å²) in [6, 6.07) is 5.88.